The van der Waals surface area contributed by atoms with E-state index in [1.165, 1.54) is 0 Å². The molecule has 0 spiro atoms. The van der Waals surface area contributed by atoms with E-state index in [0.29, 0.717) is 6.54 Å². The molecule has 1 amide bonds. The standard InChI is InChI=1S/C16H21NO3/c1-11-6-5-7-12(2)15(11)16(20)17-9-4-3-8-13(17)10-14(18)19/h5-7,13H,3-4,8-10H2,1-2H3,(H,18,19). The summed E-state index contributed by atoms with van der Waals surface area (Å²) in [7, 11) is 0. The first-order chi connectivity index (χ1) is 9.50. The molecule has 2 rings (SSSR count). The number of aliphatic carboxylic acids is 1. The van der Waals surface area contributed by atoms with Gasteiger partial charge in [0.15, 0.2) is 0 Å². The van der Waals surface area contributed by atoms with Crippen molar-refractivity contribution in [3.05, 3.63) is 34.9 Å². The Kier molecular flexibility index (Phi) is 4.42. The first-order valence-corrected chi connectivity index (χ1v) is 7.09. The number of benzene rings is 1. The number of likely N-dealkylation sites (tertiary alicyclic amines) is 1. The van der Waals surface area contributed by atoms with Crippen LogP contribution >= 0.6 is 0 Å². The Labute approximate surface area is 119 Å². The molecule has 108 valence electrons. The van der Waals surface area contributed by atoms with E-state index < -0.39 is 5.97 Å². The molecule has 20 heavy (non-hydrogen) atoms. The lowest BCUT2D eigenvalue weighted by Crippen LogP contribution is -2.45. The zero-order valence-electron chi connectivity index (χ0n) is 12.1. The third kappa shape index (κ3) is 3.00. The second-order valence-corrected chi connectivity index (χ2v) is 5.51. The molecule has 1 unspecified atom stereocenters. The van der Waals surface area contributed by atoms with Crippen molar-refractivity contribution in [2.24, 2.45) is 0 Å². The molecule has 1 fully saturated rings. The van der Waals surface area contributed by atoms with Crippen LogP contribution in [-0.4, -0.2) is 34.5 Å². The van der Waals surface area contributed by atoms with Gasteiger partial charge in [0.05, 0.1) is 6.42 Å². The molecule has 1 aliphatic heterocycles. The molecular weight excluding hydrogens is 254 g/mol. The van der Waals surface area contributed by atoms with Gasteiger partial charge in [-0.15, -0.1) is 0 Å². The second-order valence-electron chi connectivity index (χ2n) is 5.51. The van der Waals surface area contributed by atoms with Gasteiger partial charge in [0, 0.05) is 18.2 Å². The Bertz CT molecular complexity index is 504. The highest BCUT2D eigenvalue weighted by Gasteiger charge is 2.30. The fourth-order valence-corrected chi connectivity index (χ4v) is 2.98. The Balaban J connectivity index is 2.28. The number of hydrogen-bond acceptors (Lipinski definition) is 2. The molecule has 0 saturated carbocycles. The van der Waals surface area contributed by atoms with Gasteiger partial charge in [-0.3, -0.25) is 9.59 Å². The van der Waals surface area contributed by atoms with Gasteiger partial charge in [-0.1, -0.05) is 18.2 Å². The predicted molar refractivity (Wildman–Crippen MR) is 76.8 cm³/mol. The molecule has 4 nitrogen and oxygen atoms in total. The SMILES string of the molecule is Cc1cccc(C)c1C(=O)N1CCCCC1CC(=O)O. The Morgan fingerprint density at radius 3 is 2.50 bits per heavy atom. The number of nitrogens with zero attached hydrogens (tertiary/aromatic N) is 1. The smallest absolute Gasteiger partial charge is 0.305 e. The van der Waals surface area contributed by atoms with Crippen LogP contribution < -0.4 is 0 Å². The molecule has 0 bridgehead atoms. The van der Waals surface area contributed by atoms with E-state index >= 15 is 0 Å². The average Bonchev–Trinajstić information content (AvgIpc) is 2.38. The quantitative estimate of drug-likeness (QED) is 0.922. The maximum atomic E-state index is 12.8. The number of carboxylic acids is 1. The lowest BCUT2D eigenvalue weighted by Gasteiger charge is -2.35. The molecule has 1 aromatic carbocycles. The topological polar surface area (TPSA) is 57.6 Å². The number of carbonyl (C=O) groups is 2. The summed E-state index contributed by atoms with van der Waals surface area (Å²) in [5.74, 6) is -0.859. The summed E-state index contributed by atoms with van der Waals surface area (Å²) in [4.78, 5) is 25.5. The van der Waals surface area contributed by atoms with Gasteiger partial charge >= 0.3 is 5.97 Å². The van der Waals surface area contributed by atoms with Crippen molar-refractivity contribution < 1.29 is 14.7 Å². The molecule has 0 radical (unpaired) electrons. The van der Waals surface area contributed by atoms with Crippen LogP contribution in [0, 0.1) is 13.8 Å². The van der Waals surface area contributed by atoms with Gasteiger partial charge in [-0.05, 0) is 44.2 Å². The van der Waals surface area contributed by atoms with E-state index in [1.807, 2.05) is 32.0 Å². The first-order valence-electron chi connectivity index (χ1n) is 7.09. The summed E-state index contributed by atoms with van der Waals surface area (Å²) in [6.45, 7) is 4.51. The molecule has 4 heteroatoms. The number of aryl methyl sites for hydroxylation is 2. The van der Waals surface area contributed by atoms with Gasteiger partial charge in [-0.2, -0.15) is 0 Å². The normalized spacial score (nSPS) is 18.9. The van der Waals surface area contributed by atoms with Crippen molar-refractivity contribution in [3.8, 4) is 0 Å². The van der Waals surface area contributed by atoms with Crippen molar-refractivity contribution in [2.75, 3.05) is 6.54 Å². The van der Waals surface area contributed by atoms with Crippen LogP contribution in [0.4, 0.5) is 0 Å². The van der Waals surface area contributed by atoms with Crippen LogP contribution in [0.2, 0.25) is 0 Å². The lowest BCUT2D eigenvalue weighted by atomic mass is 9.95. The minimum Gasteiger partial charge on any atom is -0.481 e. The summed E-state index contributed by atoms with van der Waals surface area (Å²) < 4.78 is 0. The monoisotopic (exact) mass is 275 g/mol. The van der Waals surface area contributed by atoms with Gasteiger partial charge in [0.1, 0.15) is 0 Å². The lowest BCUT2D eigenvalue weighted by molar-refractivity contribution is -0.138. The molecule has 1 atom stereocenters. The fourth-order valence-electron chi connectivity index (χ4n) is 2.98. The van der Waals surface area contributed by atoms with E-state index in [9.17, 15) is 9.59 Å². The highest BCUT2D eigenvalue weighted by molar-refractivity contribution is 5.97. The van der Waals surface area contributed by atoms with Crippen LogP contribution in [-0.2, 0) is 4.79 Å². The maximum absolute atomic E-state index is 12.8. The molecule has 0 aromatic heterocycles. The molecule has 1 aromatic rings. The Morgan fingerprint density at radius 1 is 1.25 bits per heavy atom. The molecule has 1 N–H and O–H groups in total. The van der Waals surface area contributed by atoms with Crippen LogP contribution in [0.15, 0.2) is 18.2 Å². The van der Waals surface area contributed by atoms with Gasteiger partial charge in [0.2, 0.25) is 0 Å². The minimum absolute atomic E-state index is 0.0217. The third-order valence-electron chi connectivity index (χ3n) is 3.99. The minimum atomic E-state index is -0.837. The summed E-state index contributed by atoms with van der Waals surface area (Å²) in [5.41, 5.74) is 2.63. The fraction of sp³-hybridized carbons (Fsp3) is 0.500. The number of carboxylic acid groups (broad SMARTS) is 1. The molecule has 1 saturated heterocycles. The number of amides is 1. The number of hydrogen-bond donors (Lipinski definition) is 1. The largest absolute Gasteiger partial charge is 0.481 e. The summed E-state index contributed by atoms with van der Waals surface area (Å²) >= 11 is 0. The number of piperidine rings is 1. The Morgan fingerprint density at radius 2 is 1.90 bits per heavy atom. The van der Waals surface area contributed by atoms with Gasteiger partial charge in [0.25, 0.3) is 5.91 Å². The molecular formula is C16H21NO3. The maximum Gasteiger partial charge on any atom is 0.305 e. The predicted octanol–water partition coefficient (Wildman–Crippen LogP) is 2.77. The molecule has 1 aliphatic rings. The summed E-state index contributed by atoms with van der Waals surface area (Å²) in [6, 6.07) is 5.62. The van der Waals surface area contributed by atoms with Crippen molar-refractivity contribution in [1.82, 2.24) is 4.90 Å². The van der Waals surface area contributed by atoms with E-state index in [0.717, 1.165) is 36.0 Å². The zero-order valence-corrected chi connectivity index (χ0v) is 12.1. The third-order valence-corrected chi connectivity index (χ3v) is 3.99. The summed E-state index contributed by atoms with van der Waals surface area (Å²) in [5, 5.41) is 9.01. The highest BCUT2D eigenvalue weighted by Crippen LogP contribution is 2.24. The van der Waals surface area contributed by atoms with Crippen LogP contribution in [0.5, 0.6) is 0 Å². The van der Waals surface area contributed by atoms with Crippen LogP contribution in [0.1, 0.15) is 47.2 Å². The van der Waals surface area contributed by atoms with E-state index in [2.05, 4.69) is 0 Å². The summed E-state index contributed by atoms with van der Waals surface area (Å²) in [6.07, 6.45) is 2.76. The zero-order chi connectivity index (χ0) is 14.7. The second kappa shape index (κ2) is 6.07. The van der Waals surface area contributed by atoms with Crippen LogP contribution in [0.25, 0.3) is 0 Å². The van der Waals surface area contributed by atoms with Crippen molar-refractivity contribution in [3.63, 3.8) is 0 Å². The van der Waals surface area contributed by atoms with Gasteiger partial charge < -0.3 is 10.0 Å². The molecule has 0 aliphatic carbocycles. The van der Waals surface area contributed by atoms with E-state index in [-0.39, 0.29) is 18.4 Å². The van der Waals surface area contributed by atoms with E-state index in [1.54, 1.807) is 4.90 Å². The molecule has 1 heterocycles. The highest BCUT2D eigenvalue weighted by atomic mass is 16.4. The van der Waals surface area contributed by atoms with Crippen LogP contribution in [0.3, 0.4) is 0 Å². The first kappa shape index (κ1) is 14.6. The van der Waals surface area contributed by atoms with E-state index in [4.69, 9.17) is 5.11 Å². The Hall–Kier alpha value is -1.84. The van der Waals surface area contributed by atoms with Crippen molar-refractivity contribution in [2.45, 2.75) is 45.6 Å². The van der Waals surface area contributed by atoms with Gasteiger partial charge in [-0.25, -0.2) is 0 Å². The average molecular weight is 275 g/mol. The number of rotatable bonds is 3. The van der Waals surface area contributed by atoms with Crippen molar-refractivity contribution >= 4 is 11.9 Å². The van der Waals surface area contributed by atoms with Crippen molar-refractivity contribution in [1.29, 1.82) is 0 Å². The number of carbonyl (C=O) groups excluding carboxylic acids is 1.